The molecule has 20 heavy (non-hydrogen) atoms. The molecule has 0 fully saturated rings. The average molecular weight is 270 g/mol. The minimum Gasteiger partial charge on any atom is -0.398 e. The summed E-state index contributed by atoms with van der Waals surface area (Å²) < 4.78 is 0. The number of nitrogens with zero attached hydrogens (tertiary/aromatic N) is 1. The van der Waals surface area contributed by atoms with E-state index in [0.717, 1.165) is 10.8 Å². The molecule has 1 atom stereocenters. The molecule has 0 spiro atoms. The van der Waals surface area contributed by atoms with Crippen molar-refractivity contribution in [2.24, 2.45) is 5.92 Å². The van der Waals surface area contributed by atoms with Gasteiger partial charge in [0.25, 0.3) is 5.91 Å². The zero-order valence-corrected chi connectivity index (χ0v) is 12.6. The Bertz CT molecular complexity index is 634. The van der Waals surface area contributed by atoms with Crippen molar-refractivity contribution in [3.05, 3.63) is 42.0 Å². The van der Waals surface area contributed by atoms with Gasteiger partial charge in [-0.15, -0.1) is 0 Å². The molecule has 0 aliphatic heterocycles. The Morgan fingerprint density at radius 3 is 2.20 bits per heavy atom. The number of benzene rings is 2. The molecule has 0 aromatic heterocycles. The number of carbonyl (C=O) groups is 1. The lowest BCUT2D eigenvalue weighted by atomic mass is 10.0. The van der Waals surface area contributed by atoms with E-state index in [0.29, 0.717) is 17.2 Å². The summed E-state index contributed by atoms with van der Waals surface area (Å²) >= 11 is 0. The highest BCUT2D eigenvalue weighted by atomic mass is 16.2. The number of amides is 1. The molecule has 1 amide bonds. The van der Waals surface area contributed by atoms with Gasteiger partial charge in [0.15, 0.2) is 0 Å². The number of rotatable bonds is 3. The van der Waals surface area contributed by atoms with Crippen molar-refractivity contribution in [2.75, 3.05) is 12.8 Å². The van der Waals surface area contributed by atoms with Crippen LogP contribution in [-0.4, -0.2) is 23.9 Å². The largest absolute Gasteiger partial charge is 0.398 e. The van der Waals surface area contributed by atoms with Crippen LogP contribution in [0.15, 0.2) is 36.4 Å². The third-order valence-corrected chi connectivity index (χ3v) is 4.04. The number of hydrogen-bond acceptors (Lipinski definition) is 2. The minimum atomic E-state index is -0.0190. The predicted molar refractivity (Wildman–Crippen MR) is 84.8 cm³/mol. The summed E-state index contributed by atoms with van der Waals surface area (Å²) in [6.45, 7) is 6.27. The van der Waals surface area contributed by atoms with E-state index >= 15 is 0 Å². The Morgan fingerprint density at radius 1 is 1.10 bits per heavy atom. The first kappa shape index (κ1) is 14.4. The van der Waals surface area contributed by atoms with Crippen molar-refractivity contribution < 1.29 is 4.79 Å². The van der Waals surface area contributed by atoms with Crippen LogP contribution >= 0.6 is 0 Å². The molecule has 2 aromatic carbocycles. The Balaban J connectivity index is 2.41. The maximum absolute atomic E-state index is 12.6. The van der Waals surface area contributed by atoms with Crippen molar-refractivity contribution in [1.82, 2.24) is 4.90 Å². The second kappa shape index (κ2) is 5.53. The summed E-state index contributed by atoms with van der Waals surface area (Å²) in [5.74, 6) is 0.389. The molecule has 0 radical (unpaired) electrons. The van der Waals surface area contributed by atoms with E-state index in [1.165, 1.54) is 0 Å². The lowest BCUT2D eigenvalue weighted by Gasteiger charge is -2.28. The minimum absolute atomic E-state index is 0.0190. The van der Waals surface area contributed by atoms with Crippen LogP contribution < -0.4 is 5.73 Å². The third kappa shape index (κ3) is 2.62. The lowest BCUT2D eigenvalue weighted by Crippen LogP contribution is -2.38. The van der Waals surface area contributed by atoms with E-state index < -0.39 is 0 Å². The van der Waals surface area contributed by atoms with Gasteiger partial charge in [0.05, 0.1) is 5.56 Å². The van der Waals surface area contributed by atoms with Gasteiger partial charge < -0.3 is 10.6 Å². The highest BCUT2D eigenvalue weighted by molar-refractivity contribution is 6.03. The van der Waals surface area contributed by atoms with Crippen LogP contribution in [-0.2, 0) is 0 Å². The molecule has 1 unspecified atom stereocenters. The van der Waals surface area contributed by atoms with Crippen LogP contribution in [0.3, 0.4) is 0 Å². The first-order valence-corrected chi connectivity index (χ1v) is 6.97. The van der Waals surface area contributed by atoms with E-state index in [4.69, 9.17) is 5.73 Å². The number of nitrogens with two attached hydrogens (primary N) is 1. The molecule has 0 bridgehead atoms. The highest BCUT2D eigenvalue weighted by Crippen LogP contribution is 2.24. The molecular weight excluding hydrogens is 248 g/mol. The number of anilines is 1. The smallest absolute Gasteiger partial charge is 0.255 e. The predicted octanol–water partition coefficient (Wildman–Crippen LogP) is 3.54. The molecule has 3 nitrogen and oxygen atoms in total. The first-order valence-electron chi connectivity index (χ1n) is 6.97. The van der Waals surface area contributed by atoms with E-state index in [2.05, 4.69) is 20.8 Å². The summed E-state index contributed by atoms with van der Waals surface area (Å²) in [4.78, 5) is 14.4. The molecule has 0 saturated carbocycles. The van der Waals surface area contributed by atoms with Crippen molar-refractivity contribution in [1.29, 1.82) is 0 Å². The van der Waals surface area contributed by atoms with Gasteiger partial charge in [-0.1, -0.05) is 38.1 Å². The van der Waals surface area contributed by atoms with Crippen LogP contribution in [0.25, 0.3) is 10.8 Å². The summed E-state index contributed by atoms with van der Waals surface area (Å²) in [7, 11) is 1.83. The lowest BCUT2D eigenvalue weighted by molar-refractivity contribution is 0.0708. The average Bonchev–Trinajstić information content (AvgIpc) is 2.44. The molecule has 2 rings (SSSR count). The summed E-state index contributed by atoms with van der Waals surface area (Å²) in [5.41, 5.74) is 7.17. The second-order valence-electron chi connectivity index (χ2n) is 5.69. The second-order valence-corrected chi connectivity index (χ2v) is 5.69. The molecule has 0 heterocycles. The quantitative estimate of drug-likeness (QED) is 0.867. The molecule has 0 aliphatic carbocycles. The maximum atomic E-state index is 12.6. The third-order valence-electron chi connectivity index (χ3n) is 4.04. The van der Waals surface area contributed by atoms with Crippen molar-refractivity contribution in [2.45, 2.75) is 26.8 Å². The monoisotopic (exact) mass is 270 g/mol. The van der Waals surface area contributed by atoms with Crippen LogP contribution in [0.5, 0.6) is 0 Å². The van der Waals surface area contributed by atoms with Crippen LogP contribution in [0.4, 0.5) is 5.69 Å². The summed E-state index contributed by atoms with van der Waals surface area (Å²) in [6, 6.07) is 11.9. The fourth-order valence-corrected chi connectivity index (χ4v) is 2.27. The number of nitrogen functional groups attached to an aromatic ring is 1. The van der Waals surface area contributed by atoms with Crippen molar-refractivity contribution >= 4 is 22.4 Å². The number of carbonyl (C=O) groups excluding carboxylic acids is 1. The van der Waals surface area contributed by atoms with Crippen LogP contribution in [0.1, 0.15) is 31.1 Å². The number of fused-ring (bicyclic) bond motifs is 1. The van der Waals surface area contributed by atoms with Gasteiger partial charge in [0, 0.05) is 18.8 Å². The van der Waals surface area contributed by atoms with Gasteiger partial charge in [-0.2, -0.15) is 0 Å². The Hall–Kier alpha value is -2.03. The zero-order chi connectivity index (χ0) is 14.9. The van der Waals surface area contributed by atoms with E-state index in [1.54, 1.807) is 4.90 Å². The van der Waals surface area contributed by atoms with Gasteiger partial charge in [-0.05, 0) is 35.7 Å². The van der Waals surface area contributed by atoms with Gasteiger partial charge in [0.2, 0.25) is 0 Å². The van der Waals surface area contributed by atoms with Gasteiger partial charge in [-0.3, -0.25) is 4.79 Å². The normalized spacial score (nSPS) is 12.7. The molecule has 0 saturated heterocycles. The molecule has 106 valence electrons. The molecular formula is C17H22N2O. The highest BCUT2D eigenvalue weighted by Gasteiger charge is 2.21. The fraction of sp³-hybridized carbons (Fsp3) is 0.353. The number of hydrogen-bond donors (Lipinski definition) is 1. The van der Waals surface area contributed by atoms with Crippen LogP contribution in [0.2, 0.25) is 0 Å². The fourth-order valence-electron chi connectivity index (χ4n) is 2.27. The SMILES string of the molecule is CC(C)C(C)N(C)C(=O)c1cc2ccccc2cc1N. The van der Waals surface area contributed by atoms with E-state index in [-0.39, 0.29) is 11.9 Å². The van der Waals surface area contributed by atoms with E-state index in [9.17, 15) is 4.79 Å². The Morgan fingerprint density at radius 2 is 1.65 bits per heavy atom. The zero-order valence-electron chi connectivity index (χ0n) is 12.6. The van der Waals surface area contributed by atoms with Crippen molar-refractivity contribution in [3.63, 3.8) is 0 Å². The van der Waals surface area contributed by atoms with Gasteiger partial charge in [0.1, 0.15) is 0 Å². The molecule has 0 aliphatic rings. The standard InChI is InChI=1S/C17H22N2O/c1-11(2)12(3)19(4)17(20)15-9-13-7-5-6-8-14(13)10-16(15)18/h5-12H,18H2,1-4H3. The molecule has 3 heteroatoms. The summed E-state index contributed by atoms with van der Waals surface area (Å²) in [5, 5.41) is 2.09. The molecule has 2 aromatic rings. The molecule has 2 N–H and O–H groups in total. The van der Waals surface area contributed by atoms with Gasteiger partial charge in [-0.25, -0.2) is 0 Å². The first-order chi connectivity index (χ1) is 9.41. The Labute approximate surface area is 120 Å². The van der Waals surface area contributed by atoms with E-state index in [1.807, 2.05) is 43.4 Å². The Kier molecular flexibility index (Phi) is 3.98. The van der Waals surface area contributed by atoms with Crippen LogP contribution in [0, 0.1) is 5.92 Å². The maximum Gasteiger partial charge on any atom is 0.255 e. The topological polar surface area (TPSA) is 46.3 Å². The van der Waals surface area contributed by atoms with Gasteiger partial charge >= 0.3 is 0 Å². The summed E-state index contributed by atoms with van der Waals surface area (Å²) in [6.07, 6.45) is 0. The van der Waals surface area contributed by atoms with Crippen molar-refractivity contribution in [3.8, 4) is 0 Å².